The third-order valence-electron chi connectivity index (χ3n) is 2.08. The van der Waals surface area contributed by atoms with Gasteiger partial charge < -0.3 is 15.9 Å². The lowest BCUT2D eigenvalue weighted by atomic mass is 10.5. The first-order chi connectivity index (χ1) is 5.68. The maximum absolute atomic E-state index is 5.78. The fraction of sp³-hybridized carbons (Fsp3) is 1.00. The van der Waals surface area contributed by atoms with Crippen molar-refractivity contribution in [3.63, 3.8) is 0 Å². The third kappa shape index (κ3) is 4.87. The van der Waals surface area contributed by atoms with Gasteiger partial charge in [0.1, 0.15) is 0 Å². The van der Waals surface area contributed by atoms with Crippen LogP contribution in [0.2, 0.25) is 18.6 Å². The zero-order valence-corrected chi connectivity index (χ0v) is 9.31. The topological polar surface area (TPSA) is 61.3 Å². The summed E-state index contributed by atoms with van der Waals surface area (Å²) in [6, 6.07) is 2.20. The van der Waals surface area contributed by atoms with E-state index in [2.05, 4.69) is 6.55 Å². The molecule has 0 saturated heterocycles. The molecule has 1 atom stereocenters. The summed E-state index contributed by atoms with van der Waals surface area (Å²) < 4.78 is 5.78. The van der Waals surface area contributed by atoms with Gasteiger partial charge in [0.15, 0.2) is 8.32 Å². The van der Waals surface area contributed by atoms with Crippen LogP contribution in [0.15, 0.2) is 0 Å². The van der Waals surface area contributed by atoms with E-state index >= 15 is 0 Å². The van der Waals surface area contributed by atoms with Crippen LogP contribution >= 0.6 is 0 Å². The van der Waals surface area contributed by atoms with Crippen LogP contribution in [-0.4, -0.2) is 28.0 Å². The van der Waals surface area contributed by atoms with E-state index in [1.165, 1.54) is 0 Å². The summed E-state index contributed by atoms with van der Waals surface area (Å²) in [4.78, 5) is 0. The fourth-order valence-electron chi connectivity index (χ4n) is 1.40. The summed E-state index contributed by atoms with van der Waals surface area (Å²) in [5.41, 5.74) is 11.0. The van der Waals surface area contributed by atoms with E-state index in [0.29, 0.717) is 0 Å². The molecule has 0 heterocycles. The maximum atomic E-state index is 5.78. The van der Waals surface area contributed by atoms with Crippen molar-refractivity contribution in [2.24, 2.45) is 11.5 Å². The molecule has 0 radical (unpaired) electrons. The standard InChI is InChI=1S/C8H22N2OSi/c1-3-11-12(2,8-6-10)7-4-5-9/h3-10H2,1-2H3. The normalized spacial score (nSPS) is 16.0. The monoisotopic (exact) mass is 190 g/mol. The van der Waals surface area contributed by atoms with Gasteiger partial charge in [0.25, 0.3) is 0 Å². The molecule has 3 nitrogen and oxygen atoms in total. The van der Waals surface area contributed by atoms with Gasteiger partial charge in [0.2, 0.25) is 0 Å². The summed E-state index contributed by atoms with van der Waals surface area (Å²) in [5, 5.41) is 0. The average molecular weight is 190 g/mol. The van der Waals surface area contributed by atoms with E-state index in [1.54, 1.807) is 0 Å². The second-order valence-electron chi connectivity index (χ2n) is 3.31. The van der Waals surface area contributed by atoms with Crippen molar-refractivity contribution in [2.75, 3.05) is 19.7 Å². The molecule has 12 heavy (non-hydrogen) atoms. The van der Waals surface area contributed by atoms with Gasteiger partial charge in [-0.25, -0.2) is 0 Å². The lowest BCUT2D eigenvalue weighted by Crippen LogP contribution is -2.37. The Bertz CT molecular complexity index is 105. The quantitative estimate of drug-likeness (QED) is 0.587. The zero-order chi connectivity index (χ0) is 9.45. The Morgan fingerprint density at radius 3 is 2.25 bits per heavy atom. The van der Waals surface area contributed by atoms with Crippen LogP contribution in [0, 0.1) is 0 Å². The number of hydrogen-bond donors (Lipinski definition) is 2. The van der Waals surface area contributed by atoms with Gasteiger partial charge in [-0.1, -0.05) is 0 Å². The second kappa shape index (κ2) is 6.60. The van der Waals surface area contributed by atoms with E-state index in [0.717, 1.165) is 38.2 Å². The van der Waals surface area contributed by atoms with Crippen molar-refractivity contribution in [1.82, 2.24) is 0 Å². The van der Waals surface area contributed by atoms with Crippen LogP contribution < -0.4 is 11.5 Å². The number of nitrogens with two attached hydrogens (primary N) is 2. The molecule has 0 saturated carbocycles. The van der Waals surface area contributed by atoms with Crippen LogP contribution in [-0.2, 0) is 4.43 Å². The van der Waals surface area contributed by atoms with Gasteiger partial charge in [0, 0.05) is 6.61 Å². The highest BCUT2D eigenvalue weighted by molar-refractivity contribution is 6.72. The first-order valence-corrected chi connectivity index (χ1v) is 7.55. The number of rotatable bonds is 7. The summed E-state index contributed by atoms with van der Waals surface area (Å²) >= 11 is 0. The molecule has 1 unspecified atom stereocenters. The fourth-order valence-corrected chi connectivity index (χ4v) is 4.20. The van der Waals surface area contributed by atoms with Crippen LogP contribution in [0.3, 0.4) is 0 Å². The maximum Gasteiger partial charge on any atom is 0.191 e. The van der Waals surface area contributed by atoms with Crippen LogP contribution in [0.1, 0.15) is 13.3 Å². The third-order valence-corrected chi connectivity index (χ3v) is 5.82. The Hall–Kier alpha value is 0.0969. The molecule has 0 bridgehead atoms. The first kappa shape index (κ1) is 12.1. The minimum absolute atomic E-state index is 0.743. The van der Waals surface area contributed by atoms with Crippen molar-refractivity contribution in [3.05, 3.63) is 0 Å². The lowest BCUT2D eigenvalue weighted by molar-refractivity contribution is 0.323. The van der Waals surface area contributed by atoms with Crippen molar-refractivity contribution in [2.45, 2.75) is 32.0 Å². The Labute approximate surface area is 76.6 Å². The SMILES string of the molecule is CCO[Si](C)(CCN)CCCN. The van der Waals surface area contributed by atoms with Crippen LogP contribution in [0.4, 0.5) is 0 Å². The molecule has 0 rings (SSSR count). The Kier molecular flexibility index (Phi) is 6.65. The van der Waals surface area contributed by atoms with Gasteiger partial charge in [0.05, 0.1) is 0 Å². The minimum atomic E-state index is -1.48. The highest BCUT2D eigenvalue weighted by Crippen LogP contribution is 2.17. The van der Waals surface area contributed by atoms with Gasteiger partial charge in [-0.3, -0.25) is 0 Å². The Balaban J connectivity index is 3.80. The van der Waals surface area contributed by atoms with Gasteiger partial charge in [-0.15, -0.1) is 0 Å². The largest absolute Gasteiger partial charge is 0.417 e. The van der Waals surface area contributed by atoms with Crippen molar-refractivity contribution >= 4 is 8.32 Å². The molecule has 74 valence electrons. The molecule has 0 aromatic carbocycles. The van der Waals surface area contributed by atoms with Gasteiger partial charge in [-0.2, -0.15) is 0 Å². The van der Waals surface area contributed by atoms with Crippen molar-refractivity contribution < 1.29 is 4.43 Å². The molecule has 0 aromatic rings. The first-order valence-electron chi connectivity index (χ1n) is 4.72. The predicted molar refractivity (Wildman–Crippen MR) is 55.6 cm³/mol. The molecule has 0 aliphatic heterocycles. The second-order valence-corrected chi connectivity index (χ2v) is 7.50. The molecular weight excluding hydrogens is 168 g/mol. The summed E-state index contributed by atoms with van der Waals surface area (Å²) in [6.07, 6.45) is 1.07. The average Bonchev–Trinajstić information content (AvgIpc) is 2.02. The van der Waals surface area contributed by atoms with E-state index in [4.69, 9.17) is 15.9 Å². The van der Waals surface area contributed by atoms with Gasteiger partial charge >= 0.3 is 0 Å². The molecule has 0 fully saturated rings. The Morgan fingerprint density at radius 1 is 1.17 bits per heavy atom. The van der Waals surface area contributed by atoms with Gasteiger partial charge in [-0.05, 0) is 45.1 Å². The Morgan fingerprint density at radius 2 is 1.83 bits per heavy atom. The minimum Gasteiger partial charge on any atom is -0.417 e. The van der Waals surface area contributed by atoms with E-state index in [-0.39, 0.29) is 0 Å². The summed E-state index contributed by atoms with van der Waals surface area (Å²) in [7, 11) is -1.48. The summed E-state index contributed by atoms with van der Waals surface area (Å²) in [5.74, 6) is 0. The zero-order valence-electron chi connectivity index (χ0n) is 8.31. The van der Waals surface area contributed by atoms with Crippen LogP contribution in [0.25, 0.3) is 0 Å². The molecule has 4 heteroatoms. The molecule has 0 amide bonds. The molecule has 0 spiro atoms. The van der Waals surface area contributed by atoms with Crippen LogP contribution in [0.5, 0.6) is 0 Å². The predicted octanol–water partition coefficient (Wildman–Crippen LogP) is 0.906. The van der Waals surface area contributed by atoms with E-state index < -0.39 is 8.32 Å². The molecule has 0 aliphatic carbocycles. The molecule has 0 aromatic heterocycles. The molecular formula is C8H22N2OSi. The van der Waals surface area contributed by atoms with Crippen molar-refractivity contribution in [3.8, 4) is 0 Å². The highest BCUT2D eigenvalue weighted by Gasteiger charge is 2.26. The molecule has 0 aliphatic rings. The highest BCUT2D eigenvalue weighted by atomic mass is 28.4. The molecule has 4 N–H and O–H groups in total. The lowest BCUT2D eigenvalue weighted by Gasteiger charge is -2.26. The smallest absolute Gasteiger partial charge is 0.191 e. The van der Waals surface area contributed by atoms with E-state index in [9.17, 15) is 0 Å². The van der Waals surface area contributed by atoms with Crippen molar-refractivity contribution in [1.29, 1.82) is 0 Å². The number of hydrogen-bond acceptors (Lipinski definition) is 3. The summed E-state index contributed by atoms with van der Waals surface area (Å²) in [6.45, 7) is 6.62. The van der Waals surface area contributed by atoms with E-state index in [1.807, 2.05) is 6.92 Å².